The number of ketones is 2. The van der Waals surface area contributed by atoms with Gasteiger partial charge in [-0.1, -0.05) is 39.8 Å². The number of carbonyl (C=O) groups is 2. The van der Waals surface area contributed by atoms with Crippen LogP contribution in [0, 0.1) is 23.2 Å². The lowest BCUT2D eigenvalue weighted by Crippen LogP contribution is -2.71. The first-order valence-electron chi connectivity index (χ1n) is 12.7. The number of aliphatic hydroxyl groups excluding tert-OH is 4. The third-order valence-electron chi connectivity index (χ3n) is 8.65. The summed E-state index contributed by atoms with van der Waals surface area (Å²) >= 11 is 0. The molecule has 1 aromatic rings. The lowest BCUT2D eigenvalue weighted by Gasteiger charge is -2.55. The lowest BCUT2D eigenvalue weighted by atomic mass is 9.52. The van der Waals surface area contributed by atoms with Crippen LogP contribution in [0.15, 0.2) is 17.7 Å². The molecule has 8 atom stereocenters. The number of hydrogen-bond donors (Lipinski definition) is 6. The topological polar surface area (TPSA) is 156 Å². The lowest BCUT2D eigenvalue weighted by molar-refractivity contribution is -0.217. The minimum absolute atomic E-state index is 0.0954. The van der Waals surface area contributed by atoms with E-state index in [1.54, 1.807) is 19.1 Å². The Morgan fingerprint density at radius 1 is 1.14 bits per heavy atom. The molecule has 0 aromatic heterocycles. The largest absolute Gasteiger partial charge is 0.507 e. The van der Waals surface area contributed by atoms with Crippen molar-refractivity contribution >= 4 is 17.3 Å². The second-order valence-electron chi connectivity index (χ2n) is 12.2. The van der Waals surface area contributed by atoms with Gasteiger partial charge in [-0.05, 0) is 55.1 Å². The maximum absolute atomic E-state index is 13.8. The molecule has 0 bridgehead atoms. The highest BCUT2D eigenvalue weighted by atomic mass is 16.4. The monoisotopic (exact) mass is 502 g/mol. The first kappa shape index (κ1) is 26.8. The van der Waals surface area contributed by atoms with Gasteiger partial charge in [0.1, 0.15) is 23.4 Å². The van der Waals surface area contributed by atoms with E-state index in [1.807, 2.05) is 0 Å². The van der Waals surface area contributed by atoms with Crippen molar-refractivity contribution in [3.8, 4) is 5.75 Å². The Hall–Kier alpha value is -2.26. The normalized spacial score (nSPS) is 36.2. The summed E-state index contributed by atoms with van der Waals surface area (Å²) in [5, 5.41) is 66.8. The molecular formula is C28H38O8. The van der Waals surface area contributed by atoms with Crippen molar-refractivity contribution in [2.45, 2.75) is 90.1 Å². The van der Waals surface area contributed by atoms with E-state index >= 15 is 0 Å². The molecule has 3 aliphatic carbocycles. The predicted octanol–water partition coefficient (Wildman–Crippen LogP) is 2.39. The highest BCUT2D eigenvalue weighted by Gasteiger charge is 2.67. The van der Waals surface area contributed by atoms with Crippen LogP contribution in [0.4, 0.5) is 0 Å². The molecule has 0 radical (unpaired) electrons. The second kappa shape index (κ2) is 8.94. The fraction of sp³-hybridized carbons (Fsp3) is 0.643. The number of phenols is 1. The summed E-state index contributed by atoms with van der Waals surface area (Å²) in [4.78, 5) is 25.9. The Kier molecular flexibility index (Phi) is 6.65. The molecule has 8 nitrogen and oxygen atoms in total. The van der Waals surface area contributed by atoms with Gasteiger partial charge >= 0.3 is 0 Å². The highest BCUT2D eigenvalue weighted by molar-refractivity contribution is 6.10. The maximum atomic E-state index is 13.8. The number of aryl methyl sites for hydroxylation is 1. The zero-order chi connectivity index (χ0) is 26.9. The minimum Gasteiger partial charge on any atom is -0.507 e. The van der Waals surface area contributed by atoms with Crippen LogP contribution in [0.1, 0.15) is 76.5 Å². The molecule has 4 rings (SSSR count). The van der Waals surface area contributed by atoms with Crippen molar-refractivity contribution in [3.63, 3.8) is 0 Å². The van der Waals surface area contributed by atoms with Crippen molar-refractivity contribution < 1.29 is 40.2 Å². The number of phenolic OH excluding ortho intramolecular Hbond substituents is 1. The van der Waals surface area contributed by atoms with Crippen LogP contribution in [0.25, 0.3) is 5.76 Å². The molecule has 3 aliphatic rings. The van der Waals surface area contributed by atoms with Crippen LogP contribution in [0.3, 0.4) is 0 Å². The van der Waals surface area contributed by atoms with Gasteiger partial charge in [0, 0.05) is 17.4 Å². The Morgan fingerprint density at radius 3 is 2.36 bits per heavy atom. The number of fused-ring (bicyclic) bond motifs is 3. The molecule has 8 heteroatoms. The molecule has 1 aromatic carbocycles. The van der Waals surface area contributed by atoms with Gasteiger partial charge in [0.25, 0.3) is 0 Å². The molecule has 6 N–H and O–H groups in total. The fourth-order valence-corrected chi connectivity index (χ4v) is 6.70. The number of benzene rings is 1. The number of Topliss-reactive ketones (excluding diaryl/α,β-unsaturated/α-hetero) is 2. The van der Waals surface area contributed by atoms with E-state index in [4.69, 9.17) is 0 Å². The Bertz CT molecular complexity index is 1120. The Balaban J connectivity index is 1.81. The number of aliphatic hydroxyl groups is 5. The van der Waals surface area contributed by atoms with Gasteiger partial charge in [-0.25, -0.2) is 0 Å². The molecule has 198 valence electrons. The zero-order valence-electron chi connectivity index (χ0n) is 21.5. The molecule has 36 heavy (non-hydrogen) atoms. The summed E-state index contributed by atoms with van der Waals surface area (Å²) in [6, 6.07) is 3.58. The number of hydrogen-bond acceptors (Lipinski definition) is 8. The first-order valence-corrected chi connectivity index (χ1v) is 12.7. The van der Waals surface area contributed by atoms with Gasteiger partial charge < -0.3 is 30.6 Å². The van der Waals surface area contributed by atoms with Crippen LogP contribution < -0.4 is 0 Å². The average Bonchev–Trinajstić information content (AvgIpc) is 2.76. The van der Waals surface area contributed by atoms with Gasteiger partial charge in [0.05, 0.1) is 23.7 Å². The van der Waals surface area contributed by atoms with Gasteiger partial charge in [-0.2, -0.15) is 0 Å². The summed E-state index contributed by atoms with van der Waals surface area (Å²) in [6.45, 7) is 9.31. The van der Waals surface area contributed by atoms with E-state index in [0.29, 0.717) is 17.5 Å². The van der Waals surface area contributed by atoms with E-state index < -0.39 is 64.9 Å². The third kappa shape index (κ3) is 3.90. The molecular weight excluding hydrogens is 464 g/mol. The van der Waals surface area contributed by atoms with Gasteiger partial charge in [-0.3, -0.25) is 9.59 Å². The van der Waals surface area contributed by atoms with Crippen molar-refractivity contribution in [2.24, 2.45) is 23.2 Å². The fourth-order valence-electron chi connectivity index (χ4n) is 6.70. The van der Waals surface area contributed by atoms with Crippen LogP contribution in [-0.2, 0) is 16.0 Å². The third-order valence-corrected chi connectivity index (χ3v) is 8.65. The summed E-state index contributed by atoms with van der Waals surface area (Å²) in [5.74, 6) is -6.32. The van der Waals surface area contributed by atoms with E-state index in [9.17, 15) is 40.2 Å². The minimum atomic E-state index is -2.56. The zero-order valence-corrected chi connectivity index (χ0v) is 21.5. The average molecular weight is 503 g/mol. The Labute approximate surface area is 211 Å². The summed E-state index contributed by atoms with van der Waals surface area (Å²) in [5.41, 5.74) is -1.42. The van der Waals surface area contributed by atoms with Gasteiger partial charge in [-0.15, -0.1) is 0 Å². The molecule has 0 heterocycles. The van der Waals surface area contributed by atoms with E-state index in [0.717, 1.165) is 19.8 Å². The molecule has 0 spiro atoms. The van der Waals surface area contributed by atoms with Crippen LogP contribution in [0.2, 0.25) is 0 Å². The molecule has 2 fully saturated rings. The van der Waals surface area contributed by atoms with Crippen molar-refractivity contribution in [3.05, 3.63) is 34.4 Å². The molecule has 0 amide bonds. The maximum Gasteiger partial charge on any atom is 0.197 e. The van der Waals surface area contributed by atoms with Crippen molar-refractivity contribution in [2.75, 3.05) is 0 Å². The summed E-state index contributed by atoms with van der Waals surface area (Å²) in [6.07, 6.45) is -2.64. The van der Waals surface area contributed by atoms with Crippen LogP contribution >= 0.6 is 0 Å². The Morgan fingerprint density at radius 2 is 1.78 bits per heavy atom. The first-order chi connectivity index (χ1) is 16.6. The van der Waals surface area contributed by atoms with Gasteiger partial charge in [0.15, 0.2) is 11.4 Å². The standard InChI is InChI=1S/C28H38O8/c1-12-15-9-8-14(7-6-10-27(3,4)5)22(31)20(15)24(33)21-18(12)23(32)16-11-17(30)19(13(2)29)25(34)28(16,36)26(21)35/h8-9,12,16-19,23,25,30-34,36H,6-7,10-11H2,1-5H3. The second-order valence-corrected chi connectivity index (χ2v) is 12.2. The van der Waals surface area contributed by atoms with Crippen LogP contribution in [-0.4, -0.2) is 66.1 Å². The van der Waals surface area contributed by atoms with E-state index in [2.05, 4.69) is 20.8 Å². The predicted molar refractivity (Wildman–Crippen MR) is 132 cm³/mol. The van der Waals surface area contributed by atoms with Crippen molar-refractivity contribution in [1.29, 1.82) is 0 Å². The number of carbonyl (C=O) groups excluding carboxylic acids is 2. The number of rotatable bonds is 4. The highest BCUT2D eigenvalue weighted by Crippen LogP contribution is 2.56. The summed E-state index contributed by atoms with van der Waals surface area (Å²) < 4.78 is 0. The molecule has 2 saturated carbocycles. The summed E-state index contributed by atoms with van der Waals surface area (Å²) in [7, 11) is 0. The molecule has 8 unspecified atom stereocenters. The quantitative estimate of drug-likeness (QED) is 0.367. The molecule has 0 aliphatic heterocycles. The van der Waals surface area contributed by atoms with E-state index in [-0.39, 0.29) is 28.7 Å². The van der Waals surface area contributed by atoms with Crippen LogP contribution in [0.5, 0.6) is 5.75 Å². The van der Waals surface area contributed by atoms with Gasteiger partial charge in [0.2, 0.25) is 0 Å². The number of aromatic hydroxyl groups is 1. The van der Waals surface area contributed by atoms with Crippen molar-refractivity contribution in [1.82, 2.24) is 0 Å². The SMILES string of the molecule is CC(=O)C1C(O)CC2C(O)C3C(=C(O)c4c(ccc(CCCC(C)(C)C)c4O)C3C)C(=O)C2(O)C1O. The smallest absolute Gasteiger partial charge is 0.197 e. The van der Waals surface area contributed by atoms with E-state index in [1.165, 1.54) is 0 Å². The molecule has 0 saturated heterocycles.